The molecule has 0 saturated heterocycles. The summed E-state index contributed by atoms with van der Waals surface area (Å²) in [7, 11) is 0. The third kappa shape index (κ3) is 2.72. The van der Waals surface area contributed by atoms with Gasteiger partial charge in [0, 0.05) is 5.56 Å². The summed E-state index contributed by atoms with van der Waals surface area (Å²) in [6, 6.07) is 5.84. The van der Waals surface area contributed by atoms with E-state index < -0.39 is 0 Å². The molecule has 6 heteroatoms. The largest absolute Gasteiger partial charge is 0.493 e. The first kappa shape index (κ1) is 14.6. The second-order valence-electron chi connectivity index (χ2n) is 4.67. The van der Waals surface area contributed by atoms with E-state index in [-0.39, 0.29) is 17.3 Å². The number of anilines is 2. The Hall–Kier alpha value is -2.81. The lowest BCUT2D eigenvalue weighted by Crippen LogP contribution is -2.05. The van der Waals surface area contributed by atoms with Crippen LogP contribution in [0.25, 0.3) is 11.3 Å². The molecule has 0 bridgehead atoms. The molecule has 4 N–H and O–H groups in total. The Morgan fingerprint density at radius 3 is 2.33 bits per heavy atom. The van der Waals surface area contributed by atoms with Gasteiger partial charge >= 0.3 is 0 Å². The van der Waals surface area contributed by atoms with Crippen molar-refractivity contribution in [3.63, 3.8) is 0 Å². The van der Waals surface area contributed by atoms with Gasteiger partial charge in [0.15, 0.2) is 0 Å². The summed E-state index contributed by atoms with van der Waals surface area (Å²) in [6.07, 6.45) is 0. The molecule has 0 fully saturated rings. The van der Waals surface area contributed by atoms with E-state index in [2.05, 4.69) is 9.97 Å². The molecule has 1 aromatic carbocycles. The first-order valence-electron chi connectivity index (χ1n) is 6.55. The summed E-state index contributed by atoms with van der Waals surface area (Å²) in [5.41, 5.74) is 14.8. The number of nitrogens with zero attached hydrogens (tertiary/aromatic N) is 3. The average Bonchev–Trinajstić information content (AvgIpc) is 2.42. The minimum atomic E-state index is 0.0469. The zero-order valence-electron chi connectivity index (χ0n) is 12.3. The van der Waals surface area contributed by atoms with Crippen LogP contribution in [0.15, 0.2) is 12.1 Å². The van der Waals surface area contributed by atoms with Crippen LogP contribution >= 0.6 is 0 Å². The highest BCUT2D eigenvalue weighted by molar-refractivity contribution is 5.74. The van der Waals surface area contributed by atoms with Crippen LogP contribution in [-0.2, 0) is 0 Å². The first-order valence-corrected chi connectivity index (χ1v) is 6.55. The van der Waals surface area contributed by atoms with Gasteiger partial charge in [-0.1, -0.05) is 0 Å². The normalized spacial score (nSPS) is 10.2. The van der Waals surface area contributed by atoms with Crippen molar-refractivity contribution >= 4 is 11.8 Å². The molecular weight excluding hydrogens is 266 g/mol. The van der Waals surface area contributed by atoms with Crippen LogP contribution in [0, 0.1) is 25.2 Å². The molecular formula is C15H17N5O. The molecule has 0 spiro atoms. The van der Waals surface area contributed by atoms with E-state index in [9.17, 15) is 5.26 Å². The molecule has 1 aromatic heterocycles. The fraction of sp³-hybridized carbons (Fsp3) is 0.267. The third-order valence-corrected chi connectivity index (χ3v) is 3.09. The van der Waals surface area contributed by atoms with Crippen LogP contribution in [0.3, 0.4) is 0 Å². The summed E-state index contributed by atoms with van der Waals surface area (Å²) in [4.78, 5) is 7.98. The Morgan fingerprint density at radius 1 is 1.19 bits per heavy atom. The van der Waals surface area contributed by atoms with Crippen molar-refractivity contribution < 1.29 is 4.74 Å². The fourth-order valence-electron chi connectivity index (χ4n) is 2.27. The van der Waals surface area contributed by atoms with Crippen LogP contribution in [-0.4, -0.2) is 16.6 Å². The molecule has 0 atom stereocenters. The van der Waals surface area contributed by atoms with E-state index in [1.807, 2.05) is 39.0 Å². The standard InChI is InChI=1S/C15H17N5O/c1-4-21-13-8(2)5-10(6-9(13)3)12-11(7-16)14(17)20-15(18)19-12/h5-6H,4H2,1-3H3,(H4,17,18,19,20). The molecule has 0 aliphatic carbocycles. The number of benzene rings is 1. The van der Waals surface area contributed by atoms with Crippen LogP contribution in [0.2, 0.25) is 0 Å². The average molecular weight is 283 g/mol. The Kier molecular flexibility index (Phi) is 3.94. The lowest BCUT2D eigenvalue weighted by atomic mass is 10.0. The highest BCUT2D eigenvalue weighted by atomic mass is 16.5. The first-order chi connectivity index (χ1) is 9.97. The number of hydrogen-bond donors (Lipinski definition) is 2. The predicted octanol–water partition coefficient (Wildman–Crippen LogP) is 2.20. The molecule has 108 valence electrons. The third-order valence-electron chi connectivity index (χ3n) is 3.09. The van der Waals surface area contributed by atoms with Crippen molar-refractivity contribution in [3.05, 3.63) is 28.8 Å². The highest BCUT2D eigenvalue weighted by Crippen LogP contribution is 2.32. The summed E-state index contributed by atoms with van der Waals surface area (Å²) in [5.74, 6) is 0.977. The summed E-state index contributed by atoms with van der Waals surface area (Å²) in [6.45, 7) is 6.42. The second kappa shape index (κ2) is 5.67. The smallest absolute Gasteiger partial charge is 0.222 e. The van der Waals surface area contributed by atoms with Crippen molar-refractivity contribution in [2.24, 2.45) is 0 Å². The number of aryl methyl sites for hydroxylation is 2. The Bertz CT molecular complexity index is 711. The van der Waals surface area contributed by atoms with Gasteiger partial charge in [0.05, 0.1) is 12.3 Å². The van der Waals surface area contributed by atoms with E-state index in [1.165, 1.54) is 0 Å². The number of aromatic nitrogens is 2. The second-order valence-corrected chi connectivity index (χ2v) is 4.67. The topological polar surface area (TPSA) is 111 Å². The molecule has 2 aromatic rings. The molecule has 0 unspecified atom stereocenters. The number of nitrogens with two attached hydrogens (primary N) is 2. The fourth-order valence-corrected chi connectivity index (χ4v) is 2.27. The molecule has 0 radical (unpaired) electrons. The number of nitrogen functional groups attached to an aromatic ring is 2. The maximum atomic E-state index is 9.25. The quantitative estimate of drug-likeness (QED) is 0.893. The van der Waals surface area contributed by atoms with Crippen LogP contribution in [0.5, 0.6) is 5.75 Å². The van der Waals surface area contributed by atoms with E-state index >= 15 is 0 Å². The monoisotopic (exact) mass is 283 g/mol. The zero-order valence-corrected chi connectivity index (χ0v) is 12.3. The summed E-state index contributed by atoms with van der Waals surface area (Å²) >= 11 is 0. The van der Waals surface area contributed by atoms with Gasteiger partial charge in [-0.2, -0.15) is 10.2 Å². The van der Waals surface area contributed by atoms with Crippen molar-refractivity contribution in [2.45, 2.75) is 20.8 Å². The van der Waals surface area contributed by atoms with Gasteiger partial charge < -0.3 is 16.2 Å². The Morgan fingerprint density at radius 2 is 1.81 bits per heavy atom. The van der Waals surface area contributed by atoms with Crippen LogP contribution in [0.4, 0.5) is 11.8 Å². The van der Waals surface area contributed by atoms with Gasteiger partial charge in [-0.05, 0) is 44.0 Å². The molecule has 21 heavy (non-hydrogen) atoms. The van der Waals surface area contributed by atoms with Gasteiger partial charge in [-0.3, -0.25) is 0 Å². The molecule has 1 heterocycles. The minimum Gasteiger partial charge on any atom is -0.493 e. The number of nitriles is 1. The Balaban J connectivity index is 2.66. The van der Waals surface area contributed by atoms with E-state index in [0.29, 0.717) is 12.3 Å². The number of hydrogen-bond acceptors (Lipinski definition) is 6. The predicted molar refractivity (Wildman–Crippen MR) is 81.7 cm³/mol. The van der Waals surface area contributed by atoms with Crippen molar-refractivity contribution in [2.75, 3.05) is 18.1 Å². The van der Waals surface area contributed by atoms with Gasteiger partial charge in [-0.25, -0.2) is 4.98 Å². The number of ether oxygens (including phenoxy) is 1. The number of rotatable bonds is 3. The van der Waals surface area contributed by atoms with E-state index in [0.717, 1.165) is 22.4 Å². The molecule has 0 amide bonds. The molecule has 0 aliphatic heterocycles. The highest BCUT2D eigenvalue weighted by Gasteiger charge is 2.15. The molecule has 0 aliphatic rings. The van der Waals surface area contributed by atoms with Crippen molar-refractivity contribution in [1.82, 2.24) is 9.97 Å². The minimum absolute atomic E-state index is 0.0469. The molecule has 6 nitrogen and oxygen atoms in total. The van der Waals surface area contributed by atoms with Crippen LogP contribution < -0.4 is 16.2 Å². The maximum absolute atomic E-state index is 9.25. The molecule has 0 saturated carbocycles. The van der Waals surface area contributed by atoms with E-state index in [4.69, 9.17) is 16.2 Å². The van der Waals surface area contributed by atoms with Crippen LogP contribution in [0.1, 0.15) is 23.6 Å². The summed E-state index contributed by atoms with van der Waals surface area (Å²) < 4.78 is 5.62. The van der Waals surface area contributed by atoms with Gasteiger partial charge in [0.1, 0.15) is 23.2 Å². The SMILES string of the molecule is CCOc1c(C)cc(-c2nc(N)nc(N)c2C#N)cc1C. The van der Waals surface area contributed by atoms with Crippen molar-refractivity contribution in [1.29, 1.82) is 5.26 Å². The lowest BCUT2D eigenvalue weighted by molar-refractivity contribution is 0.335. The van der Waals surface area contributed by atoms with Gasteiger partial charge in [0.2, 0.25) is 5.95 Å². The van der Waals surface area contributed by atoms with Crippen molar-refractivity contribution in [3.8, 4) is 23.1 Å². The van der Waals surface area contributed by atoms with Gasteiger partial charge in [-0.15, -0.1) is 0 Å². The Labute approximate surface area is 123 Å². The van der Waals surface area contributed by atoms with Gasteiger partial charge in [0.25, 0.3) is 0 Å². The summed E-state index contributed by atoms with van der Waals surface area (Å²) in [5, 5.41) is 9.25. The zero-order chi connectivity index (χ0) is 15.6. The van der Waals surface area contributed by atoms with E-state index in [1.54, 1.807) is 0 Å². The molecule has 2 rings (SSSR count). The maximum Gasteiger partial charge on any atom is 0.222 e. The lowest BCUT2D eigenvalue weighted by Gasteiger charge is -2.13.